The molecule has 4 atom stereocenters. The van der Waals surface area contributed by atoms with Crippen LogP contribution in [-0.4, -0.2) is 227 Å². The number of carbonyl (C=O) groups is 10. The predicted octanol–water partition coefficient (Wildman–Crippen LogP) is -0.00170. The molecule has 1 aliphatic heterocycles. The maximum absolute atomic E-state index is 13.8. The number of unbranched alkanes of at least 4 members (excludes halogenated alkanes) is 1. The van der Waals surface area contributed by atoms with Crippen molar-refractivity contribution in [3.05, 3.63) is 35.4 Å². The lowest BCUT2D eigenvalue weighted by Gasteiger charge is -2.32. The summed E-state index contributed by atoms with van der Waals surface area (Å²) < 4.78 is 0. The Bertz CT molecular complexity index is 2030. The molecular formula is C51H84N10O14S. The third-order valence-electron chi connectivity index (χ3n) is 12.5. The van der Waals surface area contributed by atoms with E-state index in [1.165, 1.54) is 23.9 Å². The molecule has 0 unspecified atom stereocenters. The van der Waals surface area contributed by atoms with Crippen LogP contribution in [0, 0.1) is 11.8 Å². The van der Waals surface area contributed by atoms with E-state index in [0.717, 1.165) is 0 Å². The molecule has 0 spiro atoms. The normalized spacial score (nSPS) is 16.1. The first-order valence-electron chi connectivity index (χ1n) is 26.0. The van der Waals surface area contributed by atoms with E-state index in [2.05, 4.69) is 31.9 Å². The minimum Gasteiger partial charge on any atom is -0.480 e. The van der Waals surface area contributed by atoms with E-state index in [1.807, 2.05) is 34.0 Å². The fourth-order valence-electron chi connectivity index (χ4n) is 8.25. The number of carbonyl (C=O) groups excluding carboxylic acids is 6. The van der Waals surface area contributed by atoms with Crippen LogP contribution in [0.15, 0.2) is 24.3 Å². The summed E-state index contributed by atoms with van der Waals surface area (Å²) in [5, 5.41) is 55.3. The van der Waals surface area contributed by atoms with Crippen LogP contribution in [0.1, 0.15) is 96.0 Å². The van der Waals surface area contributed by atoms with Crippen LogP contribution in [0.2, 0.25) is 0 Å². The number of nitrogens with one attached hydrogen (secondary N) is 6. The number of thioether (sulfide) groups is 1. The Balaban J connectivity index is 2.01. The molecule has 25 heteroatoms. The molecule has 1 aliphatic rings. The van der Waals surface area contributed by atoms with Crippen molar-refractivity contribution in [2.45, 2.75) is 117 Å². The number of hydrogen-bond donors (Lipinski definition) is 10. The summed E-state index contributed by atoms with van der Waals surface area (Å²) in [6, 6.07) is 2.49. The van der Waals surface area contributed by atoms with E-state index in [9.17, 15) is 68.4 Å². The molecule has 1 fully saturated rings. The van der Waals surface area contributed by atoms with Crippen molar-refractivity contribution in [3.8, 4) is 0 Å². The van der Waals surface area contributed by atoms with Gasteiger partial charge in [-0.1, -0.05) is 53.7 Å². The number of ketones is 1. The number of nitrogens with zero attached hydrogens (tertiary/aromatic N) is 4. The van der Waals surface area contributed by atoms with Gasteiger partial charge >= 0.3 is 23.9 Å². The quantitative estimate of drug-likeness (QED) is 0.0414. The number of benzene rings is 1. The molecule has 428 valence electrons. The molecule has 0 radical (unpaired) electrons. The molecule has 10 N–H and O–H groups in total. The lowest BCUT2D eigenvalue weighted by atomic mass is 9.97. The second-order valence-corrected chi connectivity index (χ2v) is 21.0. The largest absolute Gasteiger partial charge is 0.480 e. The van der Waals surface area contributed by atoms with E-state index in [0.29, 0.717) is 30.6 Å². The second kappa shape index (κ2) is 35.6. The molecule has 1 aromatic rings. The maximum Gasteiger partial charge on any atom is 0.326 e. The monoisotopic (exact) mass is 1090 g/mol. The van der Waals surface area contributed by atoms with Gasteiger partial charge in [-0.15, -0.1) is 0 Å². The molecule has 0 aromatic heterocycles. The van der Waals surface area contributed by atoms with Crippen LogP contribution in [0.5, 0.6) is 0 Å². The van der Waals surface area contributed by atoms with Crippen LogP contribution in [0.4, 0.5) is 0 Å². The molecule has 1 saturated heterocycles. The molecule has 1 heterocycles. The van der Waals surface area contributed by atoms with Crippen LogP contribution >= 0.6 is 11.8 Å². The molecule has 0 saturated carbocycles. The number of aliphatic carboxylic acids is 4. The van der Waals surface area contributed by atoms with Gasteiger partial charge in [-0.3, -0.25) is 62.8 Å². The smallest absolute Gasteiger partial charge is 0.326 e. The standard InChI is InChI=1S/C51H84N10O14S/c1-33(2)46(50(73)56-40(51(74)75)10-8-9-18-52-41(62)16-15-38(54-35(5)6)47(70)34(3)4)57-49(72)39(17-27-76-7)55-48(71)37-13-11-36(12-14-37)28-53-42(63)29-58-19-21-59(30-43(64)65)23-25-61(32-45(68)69)26-24-60(22-20-58)31-44(66)67/h11-14,33-35,38-40,46,54H,8-10,15-32H2,1-7H3,(H,52,62)(H,53,63)(H,55,71)(H,56,73)(H,57,72)(H,64,65)(H,66,67)(H,68,69)(H,74,75)/t38-,39-,40-,46-/m0/s1. The Morgan fingerprint density at radius 1 is 0.566 bits per heavy atom. The summed E-state index contributed by atoms with van der Waals surface area (Å²) in [5.41, 5.74) is 0.862. The Morgan fingerprint density at radius 3 is 1.53 bits per heavy atom. The molecular weight excluding hydrogens is 1010 g/mol. The highest BCUT2D eigenvalue weighted by atomic mass is 32.2. The average Bonchev–Trinajstić information content (AvgIpc) is 3.34. The Labute approximate surface area is 450 Å². The van der Waals surface area contributed by atoms with E-state index < -0.39 is 71.7 Å². The van der Waals surface area contributed by atoms with Gasteiger partial charge in [0.1, 0.15) is 18.1 Å². The number of carboxylic acid groups (broad SMARTS) is 4. The summed E-state index contributed by atoms with van der Waals surface area (Å²) in [7, 11) is 0. The molecule has 2 rings (SSSR count). The Morgan fingerprint density at radius 2 is 1.08 bits per heavy atom. The highest BCUT2D eigenvalue weighted by molar-refractivity contribution is 7.98. The van der Waals surface area contributed by atoms with Crippen molar-refractivity contribution in [3.63, 3.8) is 0 Å². The Hall–Kier alpha value is -5.73. The van der Waals surface area contributed by atoms with E-state index in [4.69, 9.17) is 0 Å². The van der Waals surface area contributed by atoms with Crippen molar-refractivity contribution in [2.24, 2.45) is 11.8 Å². The minimum absolute atomic E-state index is 0.0365. The number of carboxylic acids is 4. The minimum atomic E-state index is -1.28. The van der Waals surface area contributed by atoms with Gasteiger partial charge in [0.2, 0.25) is 23.6 Å². The number of Topliss-reactive ketones (excluding diaryl/α,β-unsaturated/α-hetero) is 1. The SMILES string of the molecule is CSCC[C@H](NC(=O)c1ccc(CNC(=O)CN2CCN(CC(=O)O)CCN(CC(=O)O)CCN(CC(=O)O)CC2)cc1)C(=O)N[C@H](C(=O)N[C@@H](CCCCNC(=O)CC[C@H](NC(C)C)C(=O)C(C)C)C(=O)O)C(C)C. The summed E-state index contributed by atoms with van der Waals surface area (Å²) in [5.74, 6) is -7.08. The van der Waals surface area contributed by atoms with Gasteiger partial charge in [-0.25, -0.2) is 4.79 Å². The van der Waals surface area contributed by atoms with Crippen molar-refractivity contribution in [1.82, 2.24) is 51.5 Å². The lowest BCUT2D eigenvalue weighted by Crippen LogP contribution is -2.57. The van der Waals surface area contributed by atoms with E-state index in [1.54, 1.807) is 45.6 Å². The van der Waals surface area contributed by atoms with E-state index in [-0.39, 0.29) is 146 Å². The molecule has 5 amide bonds. The summed E-state index contributed by atoms with van der Waals surface area (Å²) >= 11 is 1.45. The first-order valence-corrected chi connectivity index (χ1v) is 27.4. The molecule has 1 aromatic carbocycles. The van der Waals surface area contributed by atoms with Gasteiger partial charge < -0.3 is 52.3 Å². The summed E-state index contributed by atoms with van der Waals surface area (Å²) in [4.78, 5) is 133. The highest BCUT2D eigenvalue weighted by Gasteiger charge is 2.32. The van der Waals surface area contributed by atoms with E-state index >= 15 is 0 Å². The first kappa shape index (κ1) is 66.4. The molecule has 0 aliphatic carbocycles. The molecule has 76 heavy (non-hydrogen) atoms. The van der Waals surface area contributed by atoms with Crippen molar-refractivity contribution in [2.75, 3.05) is 97.1 Å². The summed E-state index contributed by atoms with van der Waals surface area (Å²) in [6.45, 7) is 12.3. The second-order valence-electron chi connectivity index (χ2n) is 20.0. The number of hydrogen-bond acceptors (Lipinski definition) is 16. The van der Waals surface area contributed by atoms with Crippen LogP contribution in [0.25, 0.3) is 0 Å². The highest BCUT2D eigenvalue weighted by Crippen LogP contribution is 2.12. The Kier molecular flexibility index (Phi) is 31.1. The topological polar surface area (TPSA) is 337 Å². The lowest BCUT2D eigenvalue weighted by molar-refractivity contribution is -0.143. The van der Waals surface area contributed by atoms with Crippen molar-refractivity contribution in [1.29, 1.82) is 0 Å². The van der Waals surface area contributed by atoms with Crippen LogP contribution < -0.4 is 31.9 Å². The van der Waals surface area contributed by atoms with Gasteiger partial charge in [0.05, 0.1) is 32.2 Å². The van der Waals surface area contributed by atoms with Crippen molar-refractivity contribution < 1.29 is 68.4 Å². The average molecular weight is 1090 g/mol. The predicted molar refractivity (Wildman–Crippen MR) is 286 cm³/mol. The fourth-order valence-corrected chi connectivity index (χ4v) is 8.72. The zero-order chi connectivity index (χ0) is 56.9. The van der Waals surface area contributed by atoms with Gasteiger partial charge in [0.25, 0.3) is 5.91 Å². The summed E-state index contributed by atoms with van der Waals surface area (Å²) in [6.07, 6.45) is 3.39. The zero-order valence-electron chi connectivity index (χ0n) is 45.3. The van der Waals surface area contributed by atoms with Gasteiger partial charge in [-0.2, -0.15) is 11.8 Å². The maximum atomic E-state index is 13.8. The van der Waals surface area contributed by atoms with Crippen LogP contribution in [-0.2, 0) is 49.7 Å². The van der Waals surface area contributed by atoms with Gasteiger partial charge in [0, 0.05) is 89.4 Å². The van der Waals surface area contributed by atoms with Crippen LogP contribution in [0.3, 0.4) is 0 Å². The third kappa shape index (κ3) is 27.4. The molecule has 24 nitrogen and oxygen atoms in total. The van der Waals surface area contributed by atoms with Gasteiger partial charge in [0.15, 0.2) is 5.78 Å². The molecule has 0 bridgehead atoms. The third-order valence-corrected chi connectivity index (χ3v) is 13.2. The number of amides is 5. The fraction of sp³-hybridized carbons (Fsp3) is 0.686. The zero-order valence-corrected chi connectivity index (χ0v) is 46.1. The van der Waals surface area contributed by atoms with Gasteiger partial charge in [-0.05, 0) is 67.7 Å². The first-order chi connectivity index (χ1) is 35.9. The van der Waals surface area contributed by atoms with Crippen molar-refractivity contribution >= 4 is 71.0 Å². The number of rotatable bonds is 33.